The van der Waals surface area contributed by atoms with Crippen LogP contribution in [0.3, 0.4) is 0 Å². The van der Waals surface area contributed by atoms with Crippen LogP contribution in [0.5, 0.6) is 0 Å². The second-order valence-corrected chi connectivity index (χ2v) is 4.54. The number of rotatable bonds is 4. The van der Waals surface area contributed by atoms with E-state index in [-0.39, 0.29) is 23.9 Å². The predicted molar refractivity (Wildman–Crippen MR) is 61.9 cm³/mol. The third kappa shape index (κ3) is 3.81. The van der Waals surface area contributed by atoms with Crippen molar-refractivity contribution in [3.05, 3.63) is 0 Å². The van der Waals surface area contributed by atoms with Crippen LogP contribution in [0.15, 0.2) is 0 Å². The molecule has 0 aromatic rings. The van der Waals surface area contributed by atoms with Crippen molar-refractivity contribution in [2.75, 3.05) is 6.54 Å². The van der Waals surface area contributed by atoms with Crippen molar-refractivity contribution in [1.29, 1.82) is 0 Å². The van der Waals surface area contributed by atoms with Crippen LogP contribution in [0.1, 0.15) is 33.6 Å². The molecule has 1 saturated heterocycles. The smallest absolute Gasteiger partial charge is 0.242 e. The summed E-state index contributed by atoms with van der Waals surface area (Å²) in [5, 5.41) is 8.58. The highest BCUT2D eigenvalue weighted by Gasteiger charge is 2.24. The minimum Gasteiger partial charge on any atom is -0.352 e. The largest absolute Gasteiger partial charge is 0.352 e. The van der Waals surface area contributed by atoms with Gasteiger partial charge in [-0.15, -0.1) is 0 Å². The normalized spacial score (nSPS) is 21.9. The Labute approximate surface area is 96.4 Å². The van der Waals surface area contributed by atoms with Gasteiger partial charge in [-0.05, 0) is 40.2 Å². The van der Waals surface area contributed by atoms with Gasteiger partial charge in [0.2, 0.25) is 11.8 Å². The number of nitrogens with one attached hydrogen (secondary N) is 3. The first-order chi connectivity index (χ1) is 7.50. The minimum absolute atomic E-state index is 0.0797. The van der Waals surface area contributed by atoms with E-state index in [0.717, 1.165) is 19.4 Å². The lowest BCUT2D eigenvalue weighted by Crippen LogP contribution is -2.51. The molecule has 2 atom stereocenters. The third-order valence-electron chi connectivity index (χ3n) is 2.56. The number of amides is 2. The lowest BCUT2D eigenvalue weighted by molar-refractivity contribution is -0.129. The van der Waals surface area contributed by atoms with Gasteiger partial charge in [-0.25, -0.2) is 0 Å². The summed E-state index contributed by atoms with van der Waals surface area (Å²) >= 11 is 0. The fourth-order valence-corrected chi connectivity index (χ4v) is 1.70. The van der Waals surface area contributed by atoms with Crippen LogP contribution < -0.4 is 16.0 Å². The number of hydrogen-bond acceptors (Lipinski definition) is 3. The second-order valence-electron chi connectivity index (χ2n) is 4.54. The Morgan fingerprint density at radius 1 is 1.25 bits per heavy atom. The molecular weight excluding hydrogens is 206 g/mol. The molecule has 16 heavy (non-hydrogen) atoms. The highest BCUT2D eigenvalue weighted by molar-refractivity contribution is 5.89. The lowest BCUT2D eigenvalue weighted by atomic mass is 10.2. The van der Waals surface area contributed by atoms with E-state index in [1.165, 1.54) is 0 Å². The van der Waals surface area contributed by atoms with Gasteiger partial charge in [0.25, 0.3) is 0 Å². The molecule has 1 aliphatic heterocycles. The Morgan fingerprint density at radius 3 is 2.44 bits per heavy atom. The molecule has 1 aliphatic rings. The van der Waals surface area contributed by atoms with Gasteiger partial charge in [0.15, 0.2) is 0 Å². The van der Waals surface area contributed by atoms with E-state index < -0.39 is 6.04 Å². The maximum absolute atomic E-state index is 11.7. The summed E-state index contributed by atoms with van der Waals surface area (Å²) in [6.07, 6.45) is 1.87. The van der Waals surface area contributed by atoms with Gasteiger partial charge in [-0.3, -0.25) is 9.59 Å². The fourth-order valence-electron chi connectivity index (χ4n) is 1.70. The fraction of sp³-hybridized carbons (Fsp3) is 0.818. The van der Waals surface area contributed by atoms with Crippen molar-refractivity contribution in [2.45, 2.75) is 51.7 Å². The van der Waals surface area contributed by atoms with Crippen LogP contribution in [0, 0.1) is 0 Å². The monoisotopic (exact) mass is 227 g/mol. The average molecular weight is 227 g/mol. The van der Waals surface area contributed by atoms with E-state index in [1.54, 1.807) is 6.92 Å². The van der Waals surface area contributed by atoms with E-state index in [4.69, 9.17) is 0 Å². The molecule has 1 fully saturated rings. The molecule has 2 amide bonds. The minimum atomic E-state index is -0.475. The number of carbonyl (C=O) groups excluding carboxylic acids is 2. The summed E-state index contributed by atoms with van der Waals surface area (Å²) in [6, 6.07) is -0.511. The highest BCUT2D eigenvalue weighted by Crippen LogP contribution is 2.04. The SMILES string of the molecule is CC(C)NC(=O)C(C)NC(=O)[C@H]1CCCN1. The zero-order valence-corrected chi connectivity index (χ0v) is 10.2. The standard InChI is InChI=1S/C11H21N3O2/c1-7(2)13-10(15)8(3)14-11(16)9-5-4-6-12-9/h7-9,12H,4-6H2,1-3H3,(H,13,15)(H,14,16)/t8?,9-/m1/s1. The van der Waals surface area contributed by atoms with Gasteiger partial charge in [0.05, 0.1) is 6.04 Å². The van der Waals surface area contributed by atoms with E-state index in [2.05, 4.69) is 16.0 Å². The zero-order valence-electron chi connectivity index (χ0n) is 10.2. The summed E-state index contributed by atoms with van der Waals surface area (Å²) in [6.45, 7) is 6.37. The maximum atomic E-state index is 11.7. The molecular formula is C11H21N3O2. The first kappa shape index (κ1) is 13.0. The Morgan fingerprint density at radius 2 is 1.94 bits per heavy atom. The molecule has 1 unspecified atom stereocenters. The summed E-state index contributed by atoms with van der Waals surface area (Å²) in [4.78, 5) is 23.2. The molecule has 0 radical (unpaired) electrons. The molecule has 0 aromatic heterocycles. The van der Waals surface area contributed by atoms with Crippen LogP contribution in [0.2, 0.25) is 0 Å². The zero-order chi connectivity index (χ0) is 12.1. The van der Waals surface area contributed by atoms with Crippen LogP contribution in [-0.4, -0.2) is 36.5 Å². The third-order valence-corrected chi connectivity index (χ3v) is 2.56. The molecule has 1 heterocycles. The van der Waals surface area contributed by atoms with E-state index in [1.807, 2.05) is 13.8 Å². The highest BCUT2D eigenvalue weighted by atomic mass is 16.2. The molecule has 0 bridgehead atoms. The van der Waals surface area contributed by atoms with Crippen LogP contribution in [0.4, 0.5) is 0 Å². The molecule has 0 aromatic carbocycles. The van der Waals surface area contributed by atoms with Gasteiger partial charge in [0.1, 0.15) is 6.04 Å². The van der Waals surface area contributed by atoms with Crippen LogP contribution >= 0.6 is 0 Å². The van der Waals surface area contributed by atoms with Crippen molar-refractivity contribution in [3.63, 3.8) is 0 Å². The summed E-state index contributed by atoms with van der Waals surface area (Å²) < 4.78 is 0. The van der Waals surface area contributed by atoms with E-state index in [0.29, 0.717) is 0 Å². The Balaban J connectivity index is 2.35. The summed E-state index contributed by atoms with van der Waals surface area (Å²) in [5.41, 5.74) is 0. The van der Waals surface area contributed by atoms with Crippen molar-refractivity contribution in [3.8, 4) is 0 Å². The molecule has 0 spiro atoms. The average Bonchev–Trinajstić information content (AvgIpc) is 2.68. The first-order valence-electron chi connectivity index (χ1n) is 5.85. The number of hydrogen-bond donors (Lipinski definition) is 3. The summed E-state index contributed by atoms with van der Waals surface area (Å²) in [7, 11) is 0. The second kappa shape index (κ2) is 5.84. The van der Waals surface area contributed by atoms with Gasteiger partial charge in [0, 0.05) is 6.04 Å². The number of carbonyl (C=O) groups is 2. The van der Waals surface area contributed by atoms with Gasteiger partial charge < -0.3 is 16.0 Å². The topological polar surface area (TPSA) is 70.2 Å². The van der Waals surface area contributed by atoms with Crippen LogP contribution in [-0.2, 0) is 9.59 Å². The summed E-state index contributed by atoms with van der Waals surface area (Å²) in [5.74, 6) is -0.217. The van der Waals surface area contributed by atoms with Gasteiger partial charge in [-0.2, -0.15) is 0 Å². The molecule has 5 nitrogen and oxygen atoms in total. The van der Waals surface area contributed by atoms with Gasteiger partial charge in [-0.1, -0.05) is 0 Å². The molecule has 92 valence electrons. The predicted octanol–water partition coefficient (Wildman–Crippen LogP) is -0.232. The van der Waals surface area contributed by atoms with Gasteiger partial charge >= 0.3 is 0 Å². The quantitative estimate of drug-likeness (QED) is 0.621. The van der Waals surface area contributed by atoms with Crippen molar-refractivity contribution >= 4 is 11.8 Å². The molecule has 0 saturated carbocycles. The maximum Gasteiger partial charge on any atom is 0.242 e. The van der Waals surface area contributed by atoms with E-state index >= 15 is 0 Å². The van der Waals surface area contributed by atoms with Crippen molar-refractivity contribution < 1.29 is 9.59 Å². The van der Waals surface area contributed by atoms with Crippen molar-refractivity contribution in [2.24, 2.45) is 0 Å². The lowest BCUT2D eigenvalue weighted by Gasteiger charge is -2.18. The molecule has 5 heteroatoms. The Bertz CT molecular complexity index is 260. The van der Waals surface area contributed by atoms with Crippen molar-refractivity contribution in [1.82, 2.24) is 16.0 Å². The Hall–Kier alpha value is -1.10. The van der Waals surface area contributed by atoms with Crippen LogP contribution in [0.25, 0.3) is 0 Å². The Kier molecular flexibility index (Phi) is 4.73. The molecule has 1 rings (SSSR count). The molecule has 3 N–H and O–H groups in total. The molecule has 0 aliphatic carbocycles. The van der Waals surface area contributed by atoms with E-state index in [9.17, 15) is 9.59 Å². The first-order valence-corrected chi connectivity index (χ1v) is 5.85.